The minimum atomic E-state index is -1.74. The van der Waals surface area contributed by atoms with Crippen molar-refractivity contribution in [2.24, 2.45) is 0 Å². The monoisotopic (exact) mass is 447 g/mol. The second-order valence-corrected chi connectivity index (χ2v) is 7.60. The highest BCUT2D eigenvalue weighted by Crippen LogP contribution is 2.39. The Hall–Kier alpha value is -3.24. The van der Waals surface area contributed by atoms with Crippen LogP contribution in [0.4, 0.5) is 14.9 Å². The van der Waals surface area contributed by atoms with E-state index in [1.54, 1.807) is 49.5 Å². The van der Waals surface area contributed by atoms with Gasteiger partial charge in [0.2, 0.25) is 5.88 Å². The first-order valence-corrected chi connectivity index (χ1v) is 10.2. The Morgan fingerprint density at radius 2 is 2.09 bits per heavy atom. The van der Waals surface area contributed by atoms with E-state index in [1.165, 1.54) is 12.3 Å². The summed E-state index contributed by atoms with van der Waals surface area (Å²) in [6.45, 7) is -0.200. The molecule has 0 fully saturated rings. The van der Waals surface area contributed by atoms with E-state index >= 15 is 0 Å². The van der Waals surface area contributed by atoms with Crippen LogP contribution < -0.4 is 18.9 Å². The topological polar surface area (TPSA) is 88.6 Å². The van der Waals surface area contributed by atoms with Gasteiger partial charge in [0.15, 0.2) is 5.82 Å². The molecule has 8 nitrogen and oxygen atoms in total. The maximum absolute atomic E-state index is 14.9. The third-order valence-corrected chi connectivity index (χ3v) is 5.22. The second kappa shape index (κ2) is 9.09. The van der Waals surface area contributed by atoms with E-state index in [9.17, 15) is 9.18 Å². The molecule has 32 heavy (non-hydrogen) atoms. The first kappa shape index (κ1) is 22.0. The molecular formula is C20H16B2FN5O3S. The highest BCUT2D eigenvalue weighted by Gasteiger charge is 2.40. The van der Waals surface area contributed by atoms with Gasteiger partial charge < -0.3 is 19.1 Å². The molecule has 1 aliphatic heterocycles. The molecule has 2 aromatic carbocycles. The summed E-state index contributed by atoms with van der Waals surface area (Å²) in [6, 6.07) is 12.7. The van der Waals surface area contributed by atoms with Crippen LogP contribution in [0.3, 0.4) is 0 Å². The van der Waals surface area contributed by atoms with Gasteiger partial charge in [-0.15, -0.1) is 5.10 Å². The summed E-state index contributed by atoms with van der Waals surface area (Å²) in [4.78, 5) is 13.8. The maximum Gasteiger partial charge on any atom is 0.414 e. The van der Waals surface area contributed by atoms with Crippen molar-refractivity contribution < 1.29 is 18.7 Å². The summed E-state index contributed by atoms with van der Waals surface area (Å²) in [6.07, 6.45) is 0.697. The number of hydrogen-bond donors (Lipinski definition) is 2. The minimum Gasteiger partial charge on any atom is -0.437 e. The predicted molar refractivity (Wildman–Crippen MR) is 120 cm³/mol. The minimum absolute atomic E-state index is 0.138. The van der Waals surface area contributed by atoms with Crippen molar-refractivity contribution in [3.63, 3.8) is 0 Å². The summed E-state index contributed by atoms with van der Waals surface area (Å²) >= 11 is 1.11. The third kappa shape index (κ3) is 4.37. The first-order chi connectivity index (χ1) is 15.4. The van der Waals surface area contributed by atoms with Crippen molar-refractivity contribution in [1.29, 1.82) is 0 Å². The fourth-order valence-corrected chi connectivity index (χ4v) is 3.51. The molecule has 4 radical (unpaired) electrons. The van der Waals surface area contributed by atoms with E-state index in [2.05, 4.69) is 19.6 Å². The Balaban J connectivity index is 1.59. The van der Waals surface area contributed by atoms with Gasteiger partial charge in [0.25, 0.3) is 0 Å². The predicted octanol–water partition coefficient (Wildman–Crippen LogP) is 3.06. The number of carbonyl (C=O) groups excluding carboxylic acids is 1. The summed E-state index contributed by atoms with van der Waals surface area (Å²) < 4.78 is 31.5. The van der Waals surface area contributed by atoms with E-state index in [1.807, 2.05) is 0 Å². The lowest BCUT2D eigenvalue weighted by atomic mass is 9.56. The number of amides is 1. The molecule has 2 heterocycles. The molecule has 0 aliphatic carbocycles. The summed E-state index contributed by atoms with van der Waals surface area (Å²) in [7, 11) is 14.4. The van der Waals surface area contributed by atoms with E-state index in [4.69, 9.17) is 25.2 Å². The quantitative estimate of drug-likeness (QED) is 0.422. The molecule has 2 N–H and O–H groups in total. The number of anilines is 1. The van der Waals surface area contributed by atoms with Gasteiger partial charge in [0, 0.05) is 41.6 Å². The van der Waals surface area contributed by atoms with Crippen LogP contribution in [0.5, 0.6) is 17.4 Å². The molecule has 3 aromatic rings. The van der Waals surface area contributed by atoms with Crippen molar-refractivity contribution in [3.05, 3.63) is 71.7 Å². The normalized spacial score (nSPS) is 14.4. The van der Waals surface area contributed by atoms with E-state index in [0.29, 0.717) is 11.3 Å². The standard InChI is InChI=1S/C20H16B2FN5O3S/c1-24-32-27-15-5-2-4-12(18(15)23)11-28-19(29)31-16-10-13(7-8-14(16)20(28,21)22)30-17-6-3-9-25-26-17/h2-10,24,27H,11H2,1H3. The molecule has 1 amide bonds. The number of rotatable bonds is 7. The van der Waals surface area contributed by atoms with Gasteiger partial charge in [0.05, 0.1) is 27.9 Å². The Kier molecular flexibility index (Phi) is 6.24. The van der Waals surface area contributed by atoms with Crippen LogP contribution in [0.15, 0.2) is 54.7 Å². The molecule has 0 saturated heterocycles. The largest absolute Gasteiger partial charge is 0.437 e. The number of aromatic nitrogens is 2. The SMILES string of the molecule is [B]C1([B])c2ccc(Oc3cccnn3)cc2OC(=O)N1Cc1cccc(NSNC)c1F. The smallest absolute Gasteiger partial charge is 0.414 e. The van der Waals surface area contributed by atoms with Crippen molar-refractivity contribution in [3.8, 4) is 17.4 Å². The molecule has 0 unspecified atom stereocenters. The summed E-state index contributed by atoms with van der Waals surface area (Å²) in [5.41, 5.74) is 0.803. The zero-order chi connectivity index (χ0) is 22.7. The highest BCUT2D eigenvalue weighted by molar-refractivity contribution is 7.98. The van der Waals surface area contributed by atoms with Crippen LogP contribution in [0.2, 0.25) is 0 Å². The fourth-order valence-electron chi connectivity index (χ4n) is 3.14. The number of halogens is 1. The van der Waals surface area contributed by atoms with Crippen molar-refractivity contribution >= 4 is 39.6 Å². The van der Waals surface area contributed by atoms with Crippen LogP contribution >= 0.6 is 12.1 Å². The van der Waals surface area contributed by atoms with E-state index < -0.39 is 17.2 Å². The Morgan fingerprint density at radius 3 is 2.84 bits per heavy atom. The number of carbonyl (C=O) groups is 1. The van der Waals surface area contributed by atoms with Gasteiger partial charge in [-0.2, -0.15) is 5.10 Å². The fraction of sp³-hybridized carbons (Fsp3) is 0.150. The number of hydrogen-bond acceptors (Lipinski definition) is 8. The number of nitrogens with one attached hydrogen (secondary N) is 2. The molecular weight excluding hydrogens is 431 g/mol. The van der Waals surface area contributed by atoms with Crippen LogP contribution in [-0.2, 0) is 11.9 Å². The molecule has 0 spiro atoms. The van der Waals surface area contributed by atoms with Gasteiger partial charge >= 0.3 is 6.09 Å². The number of ether oxygens (including phenoxy) is 2. The molecule has 158 valence electrons. The third-order valence-electron chi connectivity index (χ3n) is 4.69. The van der Waals surface area contributed by atoms with Crippen molar-refractivity contribution in [1.82, 2.24) is 19.8 Å². The Labute approximate surface area is 191 Å². The van der Waals surface area contributed by atoms with E-state index in [-0.39, 0.29) is 29.4 Å². The van der Waals surface area contributed by atoms with Crippen molar-refractivity contribution in [2.45, 2.75) is 11.9 Å². The van der Waals surface area contributed by atoms with Gasteiger partial charge in [0.1, 0.15) is 11.5 Å². The van der Waals surface area contributed by atoms with Gasteiger partial charge in [-0.25, -0.2) is 13.9 Å². The van der Waals surface area contributed by atoms with Crippen LogP contribution in [0.25, 0.3) is 0 Å². The number of nitrogens with zero attached hydrogens (tertiary/aromatic N) is 3. The van der Waals surface area contributed by atoms with Crippen molar-refractivity contribution in [2.75, 3.05) is 11.8 Å². The number of benzene rings is 2. The highest BCUT2D eigenvalue weighted by atomic mass is 32.2. The lowest BCUT2D eigenvalue weighted by Crippen LogP contribution is -2.54. The molecule has 1 aromatic heterocycles. The molecule has 0 atom stereocenters. The molecule has 0 bridgehead atoms. The second-order valence-electron chi connectivity index (χ2n) is 6.79. The number of fused-ring (bicyclic) bond motifs is 1. The van der Waals surface area contributed by atoms with Crippen LogP contribution in [-0.4, -0.2) is 43.9 Å². The molecule has 1 aliphatic rings. The lowest BCUT2D eigenvalue weighted by Gasteiger charge is -2.43. The average molecular weight is 447 g/mol. The van der Waals surface area contributed by atoms with Crippen LogP contribution in [0.1, 0.15) is 11.1 Å². The molecule has 0 saturated carbocycles. The zero-order valence-corrected chi connectivity index (χ0v) is 17.7. The maximum atomic E-state index is 14.9. The zero-order valence-electron chi connectivity index (χ0n) is 16.9. The van der Waals surface area contributed by atoms with Gasteiger partial charge in [-0.1, -0.05) is 18.2 Å². The Morgan fingerprint density at radius 1 is 1.25 bits per heavy atom. The molecule has 12 heteroatoms. The van der Waals surface area contributed by atoms with Gasteiger partial charge in [-0.05, 0) is 30.6 Å². The summed E-state index contributed by atoms with van der Waals surface area (Å²) in [5.74, 6) is 0.229. The first-order valence-electron chi connectivity index (χ1n) is 9.43. The van der Waals surface area contributed by atoms with E-state index in [0.717, 1.165) is 17.0 Å². The Bertz CT molecular complexity index is 1140. The van der Waals surface area contributed by atoms with Crippen LogP contribution in [0, 0.1) is 5.82 Å². The molecule has 4 rings (SSSR count). The summed E-state index contributed by atoms with van der Waals surface area (Å²) in [5, 5.41) is 5.83. The average Bonchev–Trinajstić information content (AvgIpc) is 2.77. The van der Waals surface area contributed by atoms with Gasteiger partial charge in [-0.3, -0.25) is 0 Å². The lowest BCUT2D eigenvalue weighted by molar-refractivity contribution is 0.120.